The van der Waals surface area contributed by atoms with Crippen molar-refractivity contribution in [2.75, 3.05) is 27.3 Å². The Bertz CT molecular complexity index is 757. The Morgan fingerprint density at radius 3 is 2.70 bits per heavy atom. The lowest BCUT2D eigenvalue weighted by Gasteiger charge is -2.15. The van der Waals surface area contributed by atoms with Crippen molar-refractivity contribution in [2.24, 2.45) is 5.92 Å². The number of rotatable bonds is 9. The fourth-order valence-electron chi connectivity index (χ4n) is 2.40. The maximum absolute atomic E-state index is 12.3. The van der Waals surface area contributed by atoms with Gasteiger partial charge in [0.1, 0.15) is 0 Å². The fraction of sp³-hybridized carbons (Fsp3) is 0.364. The van der Waals surface area contributed by atoms with Crippen molar-refractivity contribution in [3.63, 3.8) is 0 Å². The minimum atomic E-state index is -0.0509. The highest BCUT2D eigenvalue weighted by atomic mass is 16.5. The molecule has 27 heavy (non-hydrogen) atoms. The molecule has 0 saturated heterocycles. The van der Waals surface area contributed by atoms with Gasteiger partial charge >= 0.3 is 0 Å². The first-order valence-corrected chi connectivity index (χ1v) is 9.13. The van der Waals surface area contributed by atoms with Crippen LogP contribution in [0.25, 0.3) is 6.08 Å². The van der Waals surface area contributed by atoms with Crippen molar-refractivity contribution in [2.45, 2.75) is 20.3 Å². The maximum atomic E-state index is 12.3. The normalized spacial score (nSPS) is 11.0. The van der Waals surface area contributed by atoms with Crippen molar-refractivity contribution in [1.29, 1.82) is 0 Å². The predicted molar refractivity (Wildman–Crippen MR) is 108 cm³/mol. The summed E-state index contributed by atoms with van der Waals surface area (Å²) in [5.74, 6) is 1.76. The molecule has 0 aliphatic carbocycles. The number of nitrogens with zero attached hydrogens (tertiary/aromatic N) is 2. The van der Waals surface area contributed by atoms with Gasteiger partial charge in [0.2, 0.25) is 5.91 Å². The number of carbonyl (C=O) groups is 1. The molecular formula is C22H28N2O3. The van der Waals surface area contributed by atoms with Crippen LogP contribution < -0.4 is 9.47 Å². The van der Waals surface area contributed by atoms with Crippen molar-refractivity contribution in [3.05, 3.63) is 59.9 Å². The third-order valence-corrected chi connectivity index (χ3v) is 3.98. The van der Waals surface area contributed by atoms with E-state index in [-0.39, 0.29) is 5.91 Å². The Morgan fingerprint density at radius 1 is 1.22 bits per heavy atom. The Kier molecular flexibility index (Phi) is 7.86. The number of benzene rings is 1. The Balaban J connectivity index is 1.94. The van der Waals surface area contributed by atoms with Gasteiger partial charge in [-0.15, -0.1) is 0 Å². The molecule has 1 aromatic carbocycles. The molecule has 0 saturated carbocycles. The summed E-state index contributed by atoms with van der Waals surface area (Å²) in [6.07, 6.45) is 5.85. The van der Waals surface area contributed by atoms with E-state index >= 15 is 0 Å². The average molecular weight is 368 g/mol. The molecule has 1 heterocycles. The minimum Gasteiger partial charge on any atom is -0.493 e. The average Bonchev–Trinajstić information content (AvgIpc) is 2.69. The Hall–Kier alpha value is -2.82. The quantitative estimate of drug-likeness (QED) is 0.631. The zero-order valence-corrected chi connectivity index (χ0v) is 16.5. The van der Waals surface area contributed by atoms with Gasteiger partial charge in [-0.3, -0.25) is 9.78 Å². The summed E-state index contributed by atoms with van der Waals surface area (Å²) in [7, 11) is 3.40. The summed E-state index contributed by atoms with van der Waals surface area (Å²) in [6.45, 7) is 5.44. The van der Waals surface area contributed by atoms with E-state index in [2.05, 4.69) is 18.8 Å². The van der Waals surface area contributed by atoms with E-state index in [1.165, 1.54) is 0 Å². The number of carbonyl (C=O) groups excluding carboxylic acids is 1. The van der Waals surface area contributed by atoms with E-state index in [1.807, 2.05) is 36.4 Å². The molecule has 0 radical (unpaired) electrons. The standard InChI is InChI=1S/C22H28N2O3/c1-17(2)16-27-20-10-8-18(15-21(20)26-4)9-11-22(25)24(3)14-12-19-7-5-6-13-23-19/h5-11,13,15,17H,12,14,16H2,1-4H3. The lowest BCUT2D eigenvalue weighted by Crippen LogP contribution is -2.27. The second-order valence-corrected chi connectivity index (χ2v) is 6.78. The molecule has 1 amide bonds. The van der Waals surface area contributed by atoms with Gasteiger partial charge in [0.25, 0.3) is 0 Å². The highest BCUT2D eigenvalue weighted by molar-refractivity contribution is 5.91. The van der Waals surface area contributed by atoms with Crippen LogP contribution in [0.15, 0.2) is 48.7 Å². The van der Waals surface area contributed by atoms with Crippen LogP contribution in [-0.4, -0.2) is 43.1 Å². The zero-order valence-electron chi connectivity index (χ0n) is 16.5. The van der Waals surface area contributed by atoms with Crippen LogP contribution in [-0.2, 0) is 11.2 Å². The molecular weight excluding hydrogens is 340 g/mol. The maximum Gasteiger partial charge on any atom is 0.246 e. The molecule has 2 rings (SSSR count). The predicted octanol–water partition coefficient (Wildman–Crippen LogP) is 3.84. The summed E-state index contributed by atoms with van der Waals surface area (Å²) < 4.78 is 11.2. The van der Waals surface area contributed by atoms with Crippen LogP contribution in [0.3, 0.4) is 0 Å². The van der Waals surface area contributed by atoms with Gasteiger partial charge in [0, 0.05) is 38.0 Å². The molecule has 144 valence electrons. The molecule has 0 aliphatic rings. The first-order chi connectivity index (χ1) is 13.0. The van der Waals surface area contributed by atoms with E-state index in [0.717, 1.165) is 17.7 Å². The van der Waals surface area contributed by atoms with Crippen LogP contribution in [0, 0.1) is 5.92 Å². The van der Waals surface area contributed by atoms with Crippen molar-refractivity contribution in [3.8, 4) is 11.5 Å². The van der Waals surface area contributed by atoms with Crippen molar-refractivity contribution >= 4 is 12.0 Å². The second-order valence-electron chi connectivity index (χ2n) is 6.78. The minimum absolute atomic E-state index is 0.0509. The van der Waals surface area contributed by atoms with Crippen LogP contribution >= 0.6 is 0 Å². The number of hydrogen-bond donors (Lipinski definition) is 0. The third kappa shape index (κ3) is 6.77. The van der Waals surface area contributed by atoms with E-state index in [9.17, 15) is 4.79 Å². The largest absolute Gasteiger partial charge is 0.493 e. The summed E-state index contributed by atoms with van der Waals surface area (Å²) in [6, 6.07) is 11.4. The molecule has 5 nitrogen and oxygen atoms in total. The number of pyridine rings is 1. The molecule has 1 aromatic heterocycles. The van der Waals surface area contributed by atoms with Gasteiger partial charge in [0.05, 0.1) is 13.7 Å². The van der Waals surface area contributed by atoms with Gasteiger partial charge in [0.15, 0.2) is 11.5 Å². The van der Waals surface area contributed by atoms with E-state index < -0.39 is 0 Å². The number of ether oxygens (including phenoxy) is 2. The van der Waals surface area contributed by atoms with Crippen LogP contribution in [0.1, 0.15) is 25.1 Å². The monoisotopic (exact) mass is 368 g/mol. The SMILES string of the molecule is COc1cc(C=CC(=O)N(C)CCc2ccccn2)ccc1OCC(C)C. The van der Waals surface area contributed by atoms with Crippen LogP contribution in [0.5, 0.6) is 11.5 Å². The molecule has 0 fully saturated rings. The Labute approximate surface area is 161 Å². The lowest BCUT2D eigenvalue weighted by molar-refractivity contribution is -0.124. The summed E-state index contributed by atoms with van der Waals surface area (Å²) >= 11 is 0. The molecule has 0 bridgehead atoms. The highest BCUT2D eigenvalue weighted by Gasteiger charge is 2.08. The number of methoxy groups -OCH3 is 1. The molecule has 0 unspecified atom stereocenters. The van der Waals surface area contributed by atoms with Gasteiger partial charge in [-0.2, -0.15) is 0 Å². The number of amides is 1. The molecule has 0 atom stereocenters. The first kappa shape index (κ1) is 20.5. The molecule has 0 aliphatic heterocycles. The van der Waals surface area contributed by atoms with Gasteiger partial charge in [-0.1, -0.05) is 26.0 Å². The molecule has 5 heteroatoms. The van der Waals surface area contributed by atoms with Crippen LogP contribution in [0.4, 0.5) is 0 Å². The lowest BCUT2D eigenvalue weighted by atomic mass is 10.1. The summed E-state index contributed by atoms with van der Waals surface area (Å²) in [5, 5.41) is 0. The Morgan fingerprint density at radius 2 is 2.04 bits per heavy atom. The second kappa shape index (κ2) is 10.4. The van der Waals surface area contributed by atoms with Crippen LogP contribution in [0.2, 0.25) is 0 Å². The summed E-state index contributed by atoms with van der Waals surface area (Å²) in [4.78, 5) is 18.3. The van der Waals surface area contributed by atoms with Gasteiger partial charge in [-0.25, -0.2) is 0 Å². The first-order valence-electron chi connectivity index (χ1n) is 9.13. The number of hydrogen-bond acceptors (Lipinski definition) is 4. The number of aromatic nitrogens is 1. The fourth-order valence-corrected chi connectivity index (χ4v) is 2.40. The zero-order chi connectivity index (χ0) is 19.6. The summed E-state index contributed by atoms with van der Waals surface area (Å²) in [5.41, 5.74) is 1.86. The molecule has 0 spiro atoms. The smallest absolute Gasteiger partial charge is 0.246 e. The highest BCUT2D eigenvalue weighted by Crippen LogP contribution is 2.29. The van der Waals surface area contributed by atoms with E-state index in [4.69, 9.17) is 9.47 Å². The topological polar surface area (TPSA) is 51.7 Å². The van der Waals surface area contributed by atoms with Crippen molar-refractivity contribution < 1.29 is 14.3 Å². The van der Waals surface area contributed by atoms with Gasteiger partial charge < -0.3 is 14.4 Å². The molecule has 0 N–H and O–H groups in total. The van der Waals surface area contributed by atoms with Gasteiger partial charge in [-0.05, 0) is 41.8 Å². The van der Waals surface area contributed by atoms with E-state index in [1.54, 1.807) is 37.4 Å². The third-order valence-electron chi connectivity index (χ3n) is 3.98. The molecule has 2 aromatic rings. The van der Waals surface area contributed by atoms with E-state index in [0.29, 0.717) is 30.6 Å². The number of likely N-dealkylation sites (N-methyl/N-ethyl adjacent to an activating group) is 1. The van der Waals surface area contributed by atoms with Crippen molar-refractivity contribution in [1.82, 2.24) is 9.88 Å².